The predicted molar refractivity (Wildman–Crippen MR) is 59.1 cm³/mol. The average molecular weight is 207 g/mol. The molecule has 3 heteroatoms. The fourth-order valence-electron chi connectivity index (χ4n) is 1.68. The summed E-state index contributed by atoms with van der Waals surface area (Å²) < 4.78 is 11.3. The van der Waals surface area contributed by atoms with Crippen LogP contribution in [0.3, 0.4) is 0 Å². The first-order valence-corrected chi connectivity index (χ1v) is 5.38. The van der Waals surface area contributed by atoms with Crippen molar-refractivity contribution in [1.82, 2.24) is 5.32 Å². The largest absolute Gasteiger partial charge is 0.491 e. The zero-order chi connectivity index (χ0) is 10.5. The van der Waals surface area contributed by atoms with Crippen molar-refractivity contribution < 1.29 is 9.47 Å². The maximum Gasteiger partial charge on any atom is 0.119 e. The minimum absolute atomic E-state index is 0.161. The zero-order valence-corrected chi connectivity index (χ0v) is 8.98. The molecule has 0 amide bonds. The van der Waals surface area contributed by atoms with Gasteiger partial charge in [-0.3, -0.25) is 0 Å². The van der Waals surface area contributed by atoms with Crippen molar-refractivity contribution in [3.63, 3.8) is 0 Å². The number of nitrogens with one attached hydrogen (secondary N) is 1. The molecule has 1 aromatic carbocycles. The van der Waals surface area contributed by atoms with E-state index in [0.717, 1.165) is 18.8 Å². The second-order valence-electron chi connectivity index (χ2n) is 3.85. The highest BCUT2D eigenvalue weighted by molar-refractivity contribution is 5.20. The van der Waals surface area contributed by atoms with Crippen molar-refractivity contribution >= 4 is 0 Å². The van der Waals surface area contributed by atoms with Crippen LogP contribution in [0.2, 0.25) is 0 Å². The zero-order valence-electron chi connectivity index (χ0n) is 8.98. The monoisotopic (exact) mass is 207 g/mol. The Morgan fingerprint density at radius 1 is 1.33 bits per heavy atom. The number of benzene rings is 1. The van der Waals surface area contributed by atoms with Gasteiger partial charge >= 0.3 is 0 Å². The molecule has 15 heavy (non-hydrogen) atoms. The molecular formula is C12H17NO2. The standard InChI is InChI=1S/C12H17NO2/c1-10-7-13-8-12(15-10)9-14-11-5-3-2-4-6-11/h2-6,10,12-13H,7-9H2,1H3/t10-,12-/m1/s1. The lowest BCUT2D eigenvalue weighted by atomic mass is 10.2. The molecule has 0 bridgehead atoms. The first-order chi connectivity index (χ1) is 7.34. The van der Waals surface area contributed by atoms with E-state index in [1.165, 1.54) is 0 Å². The fraction of sp³-hybridized carbons (Fsp3) is 0.500. The highest BCUT2D eigenvalue weighted by atomic mass is 16.5. The second-order valence-corrected chi connectivity index (χ2v) is 3.85. The van der Waals surface area contributed by atoms with Crippen LogP contribution in [0.4, 0.5) is 0 Å². The van der Waals surface area contributed by atoms with Crippen LogP contribution >= 0.6 is 0 Å². The summed E-state index contributed by atoms with van der Waals surface area (Å²) >= 11 is 0. The molecule has 1 fully saturated rings. The fourth-order valence-corrected chi connectivity index (χ4v) is 1.68. The van der Waals surface area contributed by atoms with E-state index in [2.05, 4.69) is 12.2 Å². The van der Waals surface area contributed by atoms with Gasteiger partial charge in [-0.05, 0) is 19.1 Å². The van der Waals surface area contributed by atoms with E-state index in [0.29, 0.717) is 6.61 Å². The first-order valence-electron chi connectivity index (χ1n) is 5.38. The molecule has 0 saturated carbocycles. The highest BCUT2D eigenvalue weighted by Gasteiger charge is 2.18. The Hall–Kier alpha value is -1.06. The third kappa shape index (κ3) is 3.22. The summed E-state index contributed by atoms with van der Waals surface area (Å²) in [6, 6.07) is 9.84. The van der Waals surface area contributed by atoms with Crippen molar-refractivity contribution in [2.75, 3.05) is 19.7 Å². The first kappa shape index (κ1) is 10.5. The van der Waals surface area contributed by atoms with Gasteiger partial charge in [0.2, 0.25) is 0 Å². The van der Waals surface area contributed by atoms with Gasteiger partial charge in [0.15, 0.2) is 0 Å². The number of para-hydroxylation sites is 1. The van der Waals surface area contributed by atoms with Crippen molar-refractivity contribution in [3.8, 4) is 5.75 Å². The van der Waals surface area contributed by atoms with Crippen LogP contribution in [0, 0.1) is 0 Å². The van der Waals surface area contributed by atoms with Crippen LogP contribution in [0.5, 0.6) is 5.75 Å². The second kappa shape index (κ2) is 5.14. The van der Waals surface area contributed by atoms with Gasteiger partial charge in [-0.1, -0.05) is 18.2 Å². The molecule has 1 aromatic rings. The van der Waals surface area contributed by atoms with Crippen LogP contribution in [0.25, 0.3) is 0 Å². The third-order valence-corrected chi connectivity index (χ3v) is 2.41. The Morgan fingerprint density at radius 3 is 2.87 bits per heavy atom. The number of rotatable bonds is 3. The average Bonchev–Trinajstić information content (AvgIpc) is 2.28. The molecule has 1 N–H and O–H groups in total. The maximum absolute atomic E-state index is 5.72. The number of hydrogen-bond acceptors (Lipinski definition) is 3. The molecule has 1 heterocycles. The van der Waals surface area contributed by atoms with Crippen molar-refractivity contribution in [2.24, 2.45) is 0 Å². The van der Waals surface area contributed by atoms with Crippen molar-refractivity contribution in [3.05, 3.63) is 30.3 Å². The Labute approximate surface area is 90.4 Å². The third-order valence-electron chi connectivity index (χ3n) is 2.41. The molecule has 82 valence electrons. The lowest BCUT2D eigenvalue weighted by Crippen LogP contribution is -2.45. The predicted octanol–water partition coefficient (Wildman–Crippen LogP) is 1.44. The summed E-state index contributed by atoms with van der Waals surface area (Å²) in [6.45, 7) is 4.49. The van der Waals surface area contributed by atoms with E-state index in [1.54, 1.807) is 0 Å². The minimum atomic E-state index is 0.161. The van der Waals surface area contributed by atoms with Crippen LogP contribution in [-0.4, -0.2) is 31.9 Å². The summed E-state index contributed by atoms with van der Waals surface area (Å²) in [6.07, 6.45) is 0.442. The van der Waals surface area contributed by atoms with Crippen molar-refractivity contribution in [1.29, 1.82) is 0 Å². The quantitative estimate of drug-likeness (QED) is 0.813. The Kier molecular flexibility index (Phi) is 3.59. The van der Waals surface area contributed by atoms with Crippen LogP contribution in [0.1, 0.15) is 6.92 Å². The van der Waals surface area contributed by atoms with E-state index in [1.807, 2.05) is 30.3 Å². The summed E-state index contributed by atoms with van der Waals surface area (Å²) in [5, 5.41) is 3.32. The van der Waals surface area contributed by atoms with Gasteiger partial charge < -0.3 is 14.8 Å². The molecule has 0 radical (unpaired) electrons. The van der Waals surface area contributed by atoms with Gasteiger partial charge in [-0.2, -0.15) is 0 Å². The van der Waals surface area contributed by atoms with E-state index in [4.69, 9.17) is 9.47 Å². The lowest BCUT2D eigenvalue weighted by molar-refractivity contribution is -0.0470. The van der Waals surface area contributed by atoms with Crippen molar-refractivity contribution in [2.45, 2.75) is 19.1 Å². The molecule has 0 spiro atoms. The van der Waals surface area contributed by atoms with Crippen LogP contribution < -0.4 is 10.1 Å². The Balaban J connectivity index is 1.78. The van der Waals surface area contributed by atoms with Gasteiger partial charge in [0, 0.05) is 13.1 Å². The van der Waals surface area contributed by atoms with Gasteiger partial charge in [0.05, 0.1) is 6.10 Å². The summed E-state index contributed by atoms with van der Waals surface area (Å²) in [5.74, 6) is 0.902. The molecule has 3 nitrogen and oxygen atoms in total. The van der Waals surface area contributed by atoms with E-state index >= 15 is 0 Å². The van der Waals surface area contributed by atoms with E-state index < -0.39 is 0 Å². The lowest BCUT2D eigenvalue weighted by Gasteiger charge is -2.28. The molecule has 1 aliphatic heterocycles. The Bertz CT molecular complexity index is 289. The van der Waals surface area contributed by atoms with E-state index in [-0.39, 0.29) is 12.2 Å². The molecule has 2 atom stereocenters. The molecular weight excluding hydrogens is 190 g/mol. The van der Waals surface area contributed by atoms with Gasteiger partial charge in [0.1, 0.15) is 18.5 Å². The normalized spacial score (nSPS) is 26.2. The van der Waals surface area contributed by atoms with Gasteiger partial charge in [-0.15, -0.1) is 0 Å². The van der Waals surface area contributed by atoms with E-state index in [9.17, 15) is 0 Å². The molecule has 1 aliphatic rings. The number of ether oxygens (including phenoxy) is 2. The molecule has 2 rings (SSSR count). The minimum Gasteiger partial charge on any atom is -0.491 e. The molecule has 0 aliphatic carbocycles. The topological polar surface area (TPSA) is 30.5 Å². The van der Waals surface area contributed by atoms with Crippen LogP contribution in [-0.2, 0) is 4.74 Å². The molecule has 1 saturated heterocycles. The summed E-state index contributed by atoms with van der Waals surface area (Å²) in [5.41, 5.74) is 0. The smallest absolute Gasteiger partial charge is 0.119 e. The number of morpholine rings is 1. The van der Waals surface area contributed by atoms with Gasteiger partial charge in [-0.25, -0.2) is 0 Å². The molecule has 0 unspecified atom stereocenters. The van der Waals surface area contributed by atoms with Gasteiger partial charge in [0.25, 0.3) is 0 Å². The summed E-state index contributed by atoms with van der Waals surface area (Å²) in [4.78, 5) is 0. The Morgan fingerprint density at radius 2 is 2.13 bits per heavy atom. The number of hydrogen-bond donors (Lipinski definition) is 1. The molecule has 0 aromatic heterocycles. The highest BCUT2D eigenvalue weighted by Crippen LogP contribution is 2.10. The SMILES string of the molecule is C[C@@H]1CNC[C@H](COc2ccccc2)O1. The maximum atomic E-state index is 5.72. The van der Waals surface area contributed by atoms with Crippen LogP contribution in [0.15, 0.2) is 30.3 Å². The summed E-state index contributed by atoms with van der Waals surface area (Å²) in [7, 11) is 0.